The number of ether oxygens (including phenoxy) is 1. The van der Waals surface area contributed by atoms with E-state index in [1.165, 1.54) is 12.1 Å². The third-order valence-electron chi connectivity index (χ3n) is 3.60. The first-order chi connectivity index (χ1) is 9.90. The zero-order valence-corrected chi connectivity index (χ0v) is 12.8. The number of halogens is 3. The highest BCUT2D eigenvalue weighted by atomic mass is 19.4. The van der Waals surface area contributed by atoms with Crippen LogP contribution in [0, 0.1) is 5.92 Å². The Kier molecular flexibility index (Phi) is 7.02. The van der Waals surface area contributed by atoms with E-state index in [9.17, 15) is 13.2 Å². The summed E-state index contributed by atoms with van der Waals surface area (Å²) in [6.45, 7) is 7.27. The van der Waals surface area contributed by atoms with Crippen molar-refractivity contribution in [2.24, 2.45) is 5.92 Å². The van der Waals surface area contributed by atoms with Gasteiger partial charge in [0.15, 0.2) is 0 Å². The van der Waals surface area contributed by atoms with Gasteiger partial charge in [-0.25, -0.2) is 0 Å². The second-order valence-electron chi connectivity index (χ2n) is 5.25. The lowest BCUT2D eigenvalue weighted by atomic mass is 10.00. The van der Waals surface area contributed by atoms with Crippen LogP contribution in [0.25, 0.3) is 0 Å². The van der Waals surface area contributed by atoms with Crippen LogP contribution in [-0.4, -0.2) is 19.2 Å². The molecule has 0 aliphatic heterocycles. The predicted octanol–water partition coefficient (Wildman–Crippen LogP) is 4.50. The summed E-state index contributed by atoms with van der Waals surface area (Å²) in [4.78, 5) is 0. The first-order valence-electron chi connectivity index (χ1n) is 7.42. The normalized spacial score (nSPS) is 14.8. The van der Waals surface area contributed by atoms with Crippen LogP contribution < -0.4 is 10.1 Å². The fraction of sp³-hybridized carbons (Fsp3) is 0.625. The fourth-order valence-electron chi connectivity index (χ4n) is 2.04. The molecule has 1 aromatic rings. The minimum Gasteiger partial charge on any atom is -0.491 e. The second kappa shape index (κ2) is 8.27. The molecule has 0 radical (unpaired) electrons. The summed E-state index contributed by atoms with van der Waals surface area (Å²) in [6.07, 6.45) is -2.46. The average Bonchev–Trinajstić information content (AvgIpc) is 2.46. The second-order valence-corrected chi connectivity index (χ2v) is 5.25. The highest BCUT2D eigenvalue weighted by molar-refractivity contribution is 5.35. The molecule has 2 nitrogen and oxygen atoms in total. The largest absolute Gasteiger partial charge is 0.491 e. The van der Waals surface area contributed by atoms with Gasteiger partial charge >= 0.3 is 6.18 Å². The lowest BCUT2D eigenvalue weighted by Gasteiger charge is -2.25. The molecule has 0 amide bonds. The standard InChI is InChI=1S/C16H24F3NO/c1-4-10-20-14(12(3)5-2)11-21-15-9-7-6-8-13(15)16(17,18)19/h6-9,12,14,20H,4-5,10-11H2,1-3H3. The van der Waals surface area contributed by atoms with Crippen molar-refractivity contribution in [3.8, 4) is 5.75 Å². The van der Waals surface area contributed by atoms with Crippen LogP contribution in [0.2, 0.25) is 0 Å². The number of alkyl halides is 3. The maximum absolute atomic E-state index is 12.9. The molecule has 1 aromatic carbocycles. The maximum Gasteiger partial charge on any atom is 0.419 e. The monoisotopic (exact) mass is 303 g/mol. The SMILES string of the molecule is CCCNC(COc1ccccc1C(F)(F)F)C(C)CC. The van der Waals surface area contributed by atoms with Gasteiger partial charge in [0.25, 0.3) is 0 Å². The summed E-state index contributed by atoms with van der Waals surface area (Å²) < 4.78 is 44.2. The zero-order chi connectivity index (χ0) is 15.9. The van der Waals surface area contributed by atoms with Gasteiger partial charge in [-0.05, 0) is 31.0 Å². The van der Waals surface area contributed by atoms with Crippen LogP contribution in [0.4, 0.5) is 13.2 Å². The molecule has 0 spiro atoms. The van der Waals surface area contributed by atoms with Crippen molar-refractivity contribution in [2.45, 2.75) is 45.8 Å². The molecule has 0 heterocycles. The number of hydrogen-bond acceptors (Lipinski definition) is 2. The van der Waals surface area contributed by atoms with Crippen molar-refractivity contribution in [1.29, 1.82) is 0 Å². The first-order valence-corrected chi connectivity index (χ1v) is 7.42. The van der Waals surface area contributed by atoms with E-state index in [-0.39, 0.29) is 18.4 Å². The summed E-state index contributed by atoms with van der Waals surface area (Å²) >= 11 is 0. The van der Waals surface area contributed by atoms with Crippen LogP contribution >= 0.6 is 0 Å². The Hall–Kier alpha value is -1.23. The Morgan fingerprint density at radius 3 is 2.43 bits per heavy atom. The molecule has 2 atom stereocenters. The summed E-state index contributed by atoms with van der Waals surface area (Å²) in [7, 11) is 0. The van der Waals surface area contributed by atoms with E-state index >= 15 is 0 Å². The maximum atomic E-state index is 12.9. The molecule has 2 unspecified atom stereocenters. The minimum absolute atomic E-state index is 0.0521. The Morgan fingerprint density at radius 2 is 1.86 bits per heavy atom. The summed E-state index contributed by atoms with van der Waals surface area (Å²) in [5, 5.41) is 3.34. The summed E-state index contributed by atoms with van der Waals surface area (Å²) in [6, 6.07) is 5.40. The van der Waals surface area contributed by atoms with E-state index in [1.54, 1.807) is 6.07 Å². The molecular weight excluding hydrogens is 279 g/mol. The number of rotatable bonds is 8. The molecule has 0 aliphatic carbocycles. The van der Waals surface area contributed by atoms with E-state index in [1.807, 2.05) is 0 Å². The van der Waals surface area contributed by atoms with Crippen molar-refractivity contribution >= 4 is 0 Å². The van der Waals surface area contributed by atoms with Gasteiger partial charge in [0, 0.05) is 6.04 Å². The average molecular weight is 303 g/mol. The minimum atomic E-state index is -4.39. The van der Waals surface area contributed by atoms with Crippen molar-refractivity contribution in [1.82, 2.24) is 5.32 Å². The van der Waals surface area contributed by atoms with Crippen LogP contribution in [0.1, 0.15) is 39.2 Å². The predicted molar refractivity (Wildman–Crippen MR) is 78.5 cm³/mol. The topological polar surface area (TPSA) is 21.3 Å². The van der Waals surface area contributed by atoms with Gasteiger partial charge in [0.2, 0.25) is 0 Å². The molecule has 0 saturated heterocycles. The smallest absolute Gasteiger partial charge is 0.419 e. The molecule has 0 bridgehead atoms. The Labute approximate surface area is 124 Å². The molecule has 0 aromatic heterocycles. The highest BCUT2D eigenvalue weighted by Gasteiger charge is 2.34. The molecular formula is C16H24F3NO. The van der Waals surface area contributed by atoms with Crippen LogP contribution in [0.3, 0.4) is 0 Å². The van der Waals surface area contributed by atoms with Gasteiger partial charge in [-0.15, -0.1) is 0 Å². The first kappa shape index (κ1) is 17.8. The van der Waals surface area contributed by atoms with Crippen molar-refractivity contribution in [3.63, 3.8) is 0 Å². The van der Waals surface area contributed by atoms with Gasteiger partial charge < -0.3 is 10.1 Å². The van der Waals surface area contributed by atoms with E-state index in [0.717, 1.165) is 25.5 Å². The van der Waals surface area contributed by atoms with E-state index < -0.39 is 11.7 Å². The molecule has 0 aliphatic rings. The third-order valence-corrected chi connectivity index (χ3v) is 3.60. The van der Waals surface area contributed by atoms with E-state index in [0.29, 0.717) is 5.92 Å². The Balaban J connectivity index is 2.76. The molecule has 1 rings (SSSR count). The molecule has 0 fully saturated rings. The Morgan fingerprint density at radius 1 is 1.19 bits per heavy atom. The van der Waals surface area contributed by atoms with Crippen LogP contribution in [0.15, 0.2) is 24.3 Å². The summed E-state index contributed by atoms with van der Waals surface area (Å²) in [5.74, 6) is 0.242. The van der Waals surface area contributed by atoms with Crippen LogP contribution in [0.5, 0.6) is 5.75 Å². The van der Waals surface area contributed by atoms with Crippen molar-refractivity contribution < 1.29 is 17.9 Å². The molecule has 120 valence electrons. The van der Waals surface area contributed by atoms with Gasteiger partial charge in [-0.3, -0.25) is 0 Å². The van der Waals surface area contributed by atoms with Gasteiger partial charge in [-0.2, -0.15) is 13.2 Å². The number of nitrogens with one attached hydrogen (secondary N) is 1. The Bertz CT molecular complexity index is 420. The van der Waals surface area contributed by atoms with Crippen LogP contribution in [-0.2, 0) is 6.18 Å². The van der Waals surface area contributed by atoms with Crippen molar-refractivity contribution in [3.05, 3.63) is 29.8 Å². The quantitative estimate of drug-likeness (QED) is 0.763. The molecule has 5 heteroatoms. The number of hydrogen-bond donors (Lipinski definition) is 1. The van der Waals surface area contributed by atoms with E-state index in [2.05, 4.69) is 26.1 Å². The lowest BCUT2D eigenvalue weighted by Crippen LogP contribution is -2.40. The van der Waals surface area contributed by atoms with Gasteiger partial charge in [0.1, 0.15) is 12.4 Å². The van der Waals surface area contributed by atoms with E-state index in [4.69, 9.17) is 4.74 Å². The molecule has 1 N–H and O–H groups in total. The lowest BCUT2D eigenvalue weighted by molar-refractivity contribution is -0.139. The van der Waals surface area contributed by atoms with Gasteiger partial charge in [0.05, 0.1) is 5.56 Å². The highest BCUT2D eigenvalue weighted by Crippen LogP contribution is 2.36. The molecule has 21 heavy (non-hydrogen) atoms. The van der Waals surface area contributed by atoms with Crippen molar-refractivity contribution in [2.75, 3.05) is 13.2 Å². The van der Waals surface area contributed by atoms with Gasteiger partial charge in [-0.1, -0.05) is 39.3 Å². The summed E-state index contributed by atoms with van der Waals surface area (Å²) in [5.41, 5.74) is -0.719. The fourth-order valence-corrected chi connectivity index (χ4v) is 2.04. The number of benzene rings is 1. The number of para-hydroxylation sites is 1. The zero-order valence-electron chi connectivity index (χ0n) is 12.8. The molecule has 0 saturated carbocycles. The third kappa shape index (κ3) is 5.58.